The highest BCUT2D eigenvalue weighted by molar-refractivity contribution is 5.36. The second-order valence-corrected chi connectivity index (χ2v) is 5.14. The Morgan fingerprint density at radius 3 is 2.89 bits per heavy atom. The first-order valence-corrected chi connectivity index (χ1v) is 7.08. The van der Waals surface area contributed by atoms with E-state index in [0.29, 0.717) is 6.04 Å². The molecule has 0 saturated heterocycles. The van der Waals surface area contributed by atoms with Gasteiger partial charge in [-0.2, -0.15) is 5.26 Å². The number of nitrogens with zero attached hydrogens (tertiary/aromatic N) is 1. The Kier molecular flexibility index (Phi) is 4.81. The van der Waals surface area contributed by atoms with Crippen LogP contribution in [0.1, 0.15) is 44.2 Å². The number of benzene rings is 1. The number of rotatable bonds is 5. The molecule has 2 rings (SSSR count). The van der Waals surface area contributed by atoms with Gasteiger partial charge in [-0.15, -0.1) is 0 Å². The second-order valence-electron chi connectivity index (χ2n) is 5.14. The van der Waals surface area contributed by atoms with Crippen LogP contribution in [-0.2, 0) is 0 Å². The number of methoxy groups -OCH3 is 1. The average Bonchev–Trinajstić information content (AvgIpc) is 2.92. The fourth-order valence-corrected chi connectivity index (χ4v) is 2.95. The number of para-hydroxylation sites is 1. The molecule has 0 amide bonds. The molecule has 0 aliphatic heterocycles. The standard InChI is InChI=1S/C16H22N2O/c1-3-14(13-8-4-5-10-16(13)19-2)18-15-9-6-7-12(15)11-17/h4-5,8,10,12,14-15,18H,3,6-7,9H2,1-2H3. The van der Waals surface area contributed by atoms with Crippen LogP contribution in [0.4, 0.5) is 0 Å². The average molecular weight is 258 g/mol. The zero-order chi connectivity index (χ0) is 13.7. The molecule has 102 valence electrons. The number of nitrogens with one attached hydrogen (secondary N) is 1. The first-order valence-electron chi connectivity index (χ1n) is 7.08. The molecule has 0 heterocycles. The minimum Gasteiger partial charge on any atom is -0.496 e. The molecule has 0 spiro atoms. The largest absolute Gasteiger partial charge is 0.496 e. The molecule has 0 bridgehead atoms. The lowest BCUT2D eigenvalue weighted by Gasteiger charge is -2.25. The van der Waals surface area contributed by atoms with E-state index in [4.69, 9.17) is 4.74 Å². The van der Waals surface area contributed by atoms with Crippen molar-refractivity contribution < 1.29 is 4.74 Å². The van der Waals surface area contributed by atoms with Crippen LogP contribution in [0.2, 0.25) is 0 Å². The summed E-state index contributed by atoms with van der Waals surface area (Å²) >= 11 is 0. The summed E-state index contributed by atoms with van der Waals surface area (Å²) in [6.45, 7) is 2.17. The third kappa shape index (κ3) is 3.08. The van der Waals surface area contributed by atoms with Crippen LogP contribution in [-0.4, -0.2) is 13.2 Å². The lowest BCUT2D eigenvalue weighted by atomic mass is 9.99. The lowest BCUT2D eigenvalue weighted by molar-refractivity contribution is 0.368. The molecule has 1 aromatic rings. The maximum atomic E-state index is 9.18. The smallest absolute Gasteiger partial charge is 0.123 e. The first kappa shape index (κ1) is 13.9. The number of ether oxygens (including phenoxy) is 1. The van der Waals surface area contributed by atoms with E-state index in [1.807, 2.05) is 18.2 Å². The van der Waals surface area contributed by atoms with Gasteiger partial charge in [-0.05, 0) is 25.3 Å². The van der Waals surface area contributed by atoms with Crippen LogP contribution in [0.15, 0.2) is 24.3 Å². The highest BCUT2D eigenvalue weighted by Crippen LogP contribution is 2.31. The summed E-state index contributed by atoms with van der Waals surface area (Å²) in [6.07, 6.45) is 4.27. The Labute approximate surface area is 115 Å². The van der Waals surface area contributed by atoms with Crippen LogP contribution < -0.4 is 10.1 Å². The minimum atomic E-state index is 0.156. The van der Waals surface area contributed by atoms with Crippen LogP contribution in [0.25, 0.3) is 0 Å². The molecular formula is C16H22N2O. The maximum Gasteiger partial charge on any atom is 0.123 e. The molecule has 3 heteroatoms. The fraction of sp³-hybridized carbons (Fsp3) is 0.562. The van der Waals surface area contributed by atoms with E-state index in [9.17, 15) is 5.26 Å². The van der Waals surface area contributed by atoms with Crippen molar-refractivity contribution >= 4 is 0 Å². The van der Waals surface area contributed by atoms with Gasteiger partial charge < -0.3 is 10.1 Å². The molecule has 19 heavy (non-hydrogen) atoms. The van der Waals surface area contributed by atoms with Crippen molar-refractivity contribution in [3.8, 4) is 11.8 Å². The lowest BCUT2D eigenvalue weighted by Crippen LogP contribution is -2.35. The molecule has 1 fully saturated rings. The van der Waals surface area contributed by atoms with Gasteiger partial charge in [-0.25, -0.2) is 0 Å². The van der Waals surface area contributed by atoms with E-state index >= 15 is 0 Å². The monoisotopic (exact) mass is 258 g/mol. The number of hydrogen-bond acceptors (Lipinski definition) is 3. The molecule has 1 aliphatic carbocycles. The second kappa shape index (κ2) is 6.58. The predicted octanol–water partition coefficient (Wildman–Crippen LogP) is 3.43. The Balaban J connectivity index is 2.14. The SMILES string of the molecule is CCC(NC1CCCC1C#N)c1ccccc1OC. The van der Waals surface area contributed by atoms with Gasteiger partial charge in [0.05, 0.1) is 19.1 Å². The van der Waals surface area contributed by atoms with Crippen LogP contribution in [0, 0.1) is 17.2 Å². The Morgan fingerprint density at radius 2 is 2.21 bits per heavy atom. The summed E-state index contributed by atoms with van der Waals surface area (Å²) in [7, 11) is 1.71. The maximum absolute atomic E-state index is 9.18. The van der Waals surface area contributed by atoms with Crippen molar-refractivity contribution in [1.29, 1.82) is 5.26 Å². The zero-order valence-electron chi connectivity index (χ0n) is 11.7. The van der Waals surface area contributed by atoms with Crippen molar-refractivity contribution in [3.05, 3.63) is 29.8 Å². The van der Waals surface area contributed by atoms with Crippen molar-refractivity contribution in [2.45, 2.75) is 44.7 Å². The van der Waals surface area contributed by atoms with Crippen molar-refractivity contribution in [2.24, 2.45) is 5.92 Å². The molecule has 0 radical (unpaired) electrons. The Morgan fingerprint density at radius 1 is 1.42 bits per heavy atom. The molecule has 3 nitrogen and oxygen atoms in total. The van der Waals surface area contributed by atoms with E-state index in [1.165, 1.54) is 5.56 Å². The molecule has 1 aliphatic rings. The van der Waals surface area contributed by atoms with Crippen molar-refractivity contribution in [2.75, 3.05) is 7.11 Å². The highest BCUT2D eigenvalue weighted by Gasteiger charge is 2.29. The quantitative estimate of drug-likeness (QED) is 0.880. The van der Waals surface area contributed by atoms with Crippen LogP contribution >= 0.6 is 0 Å². The van der Waals surface area contributed by atoms with Crippen molar-refractivity contribution in [1.82, 2.24) is 5.32 Å². The molecule has 3 unspecified atom stereocenters. The normalized spacial score (nSPS) is 23.8. The first-order chi connectivity index (χ1) is 9.30. The zero-order valence-corrected chi connectivity index (χ0v) is 11.7. The van der Waals surface area contributed by atoms with E-state index in [-0.39, 0.29) is 12.0 Å². The van der Waals surface area contributed by atoms with E-state index in [1.54, 1.807) is 7.11 Å². The number of nitriles is 1. The van der Waals surface area contributed by atoms with Crippen molar-refractivity contribution in [3.63, 3.8) is 0 Å². The predicted molar refractivity (Wildman–Crippen MR) is 75.9 cm³/mol. The van der Waals surface area contributed by atoms with Gasteiger partial charge >= 0.3 is 0 Å². The van der Waals surface area contributed by atoms with Gasteiger partial charge in [0.15, 0.2) is 0 Å². The molecule has 1 saturated carbocycles. The summed E-state index contributed by atoms with van der Waals surface area (Å²) in [5.74, 6) is 1.08. The molecule has 0 aromatic heterocycles. The Bertz CT molecular complexity index is 452. The van der Waals surface area contributed by atoms with Gasteiger partial charge in [0.1, 0.15) is 5.75 Å². The molecular weight excluding hydrogens is 236 g/mol. The molecule has 1 N–H and O–H groups in total. The number of hydrogen-bond donors (Lipinski definition) is 1. The van der Waals surface area contributed by atoms with Gasteiger partial charge in [0, 0.05) is 17.6 Å². The minimum absolute atomic E-state index is 0.156. The van der Waals surface area contributed by atoms with Gasteiger partial charge in [0.2, 0.25) is 0 Å². The topological polar surface area (TPSA) is 45.0 Å². The fourth-order valence-electron chi connectivity index (χ4n) is 2.95. The van der Waals surface area contributed by atoms with E-state index < -0.39 is 0 Å². The summed E-state index contributed by atoms with van der Waals surface area (Å²) in [5, 5.41) is 12.8. The summed E-state index contributed by atoms with van der Waals surface area (Å²) in [5.41, 5.74) is 1.19. The highest BCUT2D eigenvalue weighted by atomic mass is 16.5. The van der Waals surface area contributed by atoms with Gasteiger partial charge in [0.25, 0.3) is 0 Å². The summed E-state index contributed by atoms with van der Waals surface area (Å²) in [6, 6.07) is 11.1. The van der Waals surface area contributed by atoms with Crippen LogP contribution in [0.3, 0.4) is 0 Å². The van der Waals surface area contributed by atoms with E-state index in [2.05, 4.69) is 24.4 Å². The Hall–Kier alpha value is -1.53. The third-order valence-corrected chi connectivity index (χ3v) is 4.02. The van der Waals surface area contributed by atoms with Gasteiger partial charge in [-0.1, -0.05) is 31.5 Å². The summed E-state index contributed by atoms with van der Waals surface area (Å²) in [4.78, 5) is 0. The third-order valence-electron chi connectivity index (χ3n) is 4.02. The molecule has 1 aromatic carbocycles. The van der Waals surface area contributed by atoms with E-state index in [0.717, 1.165) is 31.4 Å². The summed E-state index contributed by atoms with van der Waals surface area (Å²) < 4.78 is 5.44. The van der Waals surface area contributed by atoms with Gasteiger partial charge in [-0.3, -0.25) is 0 Å². The van der Waals surface area contributed by atoms with Crippen LogP contribution in [0.5, 0.6) is 5.75 Å². The molecule has 3 atom stereocenters.